The van der Waals surface area contributed by atoms with Gasteiger partial charge in [0.15, 0.2) is 5.78 Å². The van der Waals surface area contributed by atoms with E-state index in [1.807, 2.05) is 30.3 Å². The zero-order chi connectivity index (χ0) is 16.3. The van der Waals surface area contributed by atoms with Crippen LogP contribution in [0.2, 0.25) is 0 Å². The lowest BCUT2D eigenvalue weighted by molar-refractivity contribution is 0.0983. The van der Waals surface area contributed by atoms with E-state index in [1.165, 1.54) is 43.2 Å². The van der Waals surface area contributed by atoms with Crippen LogP contribution in [-0.2, 0) is 12.8 Å². The minimum atomic E-state index is 0.239. The van der Waals surface area contributed by atoms with E-state index in [0.717, 1.165) is 18.4 Å². The van der Waals surface area contributed by atoms with Crippen molar-refractivity contribution in [1.82, 2.24) is 0 Å². The molecule has 0 fully saturated rings. The maximum absolute atomic E-state index is 12.3. The molecule has 2 aromatic rings. The third-order valence-corrected chi connectivity index (χ3v) is 4.33. The predicted molar refractivity (Wildman–Crippen MR) is 98.0 cm³/mol. The summed E-state index contributed by atoms with van der Waals surface area (Å²) >= 11 is 0. The number of Topliss-reactive ketones (excluding diaryl/α,β-unsaturated/α-hetero) is 1. The first kappa shape index (κ1) is 17.5. The molecule has 2 rings (SSSR count). The molecule has 0 spiro atoms. The smallest absolute Gasteiger partial charge is 0.163 e. The maximum atomic E-state index is 12.3. The van der Waals surface area contributed by atoms with E-state index in [9.17, 15) is 4.79 Å². The van der Waals surface area contributed by atoms with Crippen molar-refractivity contribution in [2.24, 2.45) is 0 Å². The van der Waals surface area contributed by atoms with E-state index in [0.29, 0.717) is 6.42 Å². The fraction of sp³-hybridized carbons (Fsp3) is 0.409. The van der Waals surface area contributed by atoms with E-state index in [4.69, 9.17) is 0 Å². The molecule has 0 amide bonds. The average Bonchev–Trinajstić information content (AvgIpc) is 2.61. The van der Waals surface area contributed by atoms with Crippen LogP contribution in [0.25, 0.3) is 0 Å². The summed E-state index contributed by atoms with van der Waals surface area (Å²) in [4.78, 5) is 12.3. The summed E-state index contributed by atoms with van der Waals surface area (Å²) in [7, 11) is 0. The standard InChI is InChI=1S/C22H28O/c1-2-3-4-5-7-12-20-13-16-21(17-14-20)22(23)18-15-19-10-8-6-9-11-19/h6,8-11,13-14,16-17H,2-5,7,12,15,18H2,1H3. The number of ketones is 1. The Hall–Kier alpha value is -1.89. The third-order valence-electron chi connectivity index (χ3n) is 4.33. The highest BCUT2D eigenvalue weighted by molar-refractivity contribution is 5.96. The normalized spacial score (nSPS) is 10.7. The van der Waals surface area contributed by atoms with E-state index >= 15 is 0 Å². The first-order chi connectivity index (χ1) is 11.3. The third kappa shape index (κ3) is 6.40. The number of aryl methyl sites for hydroxylation is 2. The number of carbonyl (C=O) groups is 1. The van der Waals surface area contributed by atoms with E-state index in [2.05, 4.69) is 31.2 Å². The molecule has 0 radical (unpaired) electrons. The predicted octanol–water partition coefficient (Wildman–Crippen LogP) is 6.02. The molecule has 0 heterocycles. The van der Waals surface area contributed by atoms with Gasteiger partial charge in [0.2, 0.25) is 0 Å². The topological polar surface area (TPSA) is 17.1 Å². The number of carbonyl (C=O) groups excluding carboxylic acids is 1. The Morgan fingerprint density at radius 1 is 0.739 bits per heavy atom. The molecule has 0 unspecified atom stereocenters. The Bertz CT molecular complexity index is 569. The monoisotopic (exact) mass is 308 g/mol. The van der Waals surface area contributed by atoms with Gasteiger partial charge in [-0.05, 0) is 30.4 Å². The zero-order valence-electron chi connectivity index (χ0n) is 14.3. The summed E-state index contributed by atoms with van der Waals surface area (Å²) in [6.07, 6.45) is 9.07. The van der Waals surface area contributed by atoms with Crippen molar-refractivity contribution in [3.63, 3.8) is 0 Å². The SMILES string of the molecule is CCCCCCCc1ccc(C(=O)CCc2ccccc2)cc1. The second kappa shape index (κ2) is 9.99. The van der Waals surface area contributed by atoms with Crippen molar-refractivity contribution in [1.29, 1.82) is 0 Å². The van der Waals surface area contributed by atoms with Gasteiger partial charge >= 0.3 is 0 Å². The lowest BCUT2D eigenvalue weighted by atomic mass is 10.00. The van der Waals surface area contributed by atoms with Gasteiger partial charge in [0, 0.05) is 12.0 Å². The summed E-state index contributed by atoms with van der Waals surface area (Å²) in [5, 5.41) is 0. The molecule has 1 heteroatoms. The lowest BCUT2D eigenvalue weighted by Crippen LogP contribution is -2.01. The molecule has 2 aromatic carbocycles. The zero-order valence-corrected chi connectivity index (χ0v) is 14.3. The van der Waals surface area contributed by atoms with E-state index in [-0.39, 0.29) is 5.78 Å². The summed E-state index contributed by atoms with van der Waals surface area (Å²) < 4.78 is 0. The van der Waals surface area contributed by atoms with Crippen LogP contribution in [-0.4, -0.2) is 5.78 Å². The molecule has 122 valence electrons. The fourth-order valence-corrected chi connectivity index (χ4v) is 2.84. The van der Waals surface area contributed by atoms with Crippen LogP contribution in [0.5, 0.6) is 0 Å². The van der Waals surface area contributed by atoms with Crippen molar-refractivity contribution in [2.75, 3.05) is 0 Å². The number of rotatable bonds is 10. The molecule has 0 bridgehead atoms. The van der Waals surface area contributed by atoms with Crippen LogP contribution in [0.3, 0.4) is 0 Å². The summed E-state index contributed by atoms with van der Waals surface area (Å²) in [5.41, 5.74) is 3.42. The van der Waals surface area contributed by atoms with E-state index < -0.39 is 0 Å². The summed E-state index contributed by atoms with van der Waals surface area (Å²) in [6, 6.07) is 18.4. The van der Waals surface area contributed by atoms with Crippen molar-refractivity contribution >= 4 is 5.78 Å². The van der Waals surface area contributed by atoms with Gasteiger partial charge in [0.25, 0.3) is 0 Å². The Morgan fingerprint density at radius 2 is 1.39 bits per heavy atom. The molecular formula is C22H28O. The van der Waals surface area contributed by atoms with Crippen LogP contribution in [0.4, 0.5) is 0 Å². The van der Waals surface area contributed by atoms with Crippen LogP contribution in [0, 0.1) is 0 Å². The molecule has 0 saturated heterocycles. The Kier molecular flexibility index (Phi) is 7.59. The van der Waals surface area contributed by atoms with Gasteiger partial charge < -0.3 is 0 Å². The van der Waals surface area contributed by atoms with Gasteiger partial charge in [0.05, 0.1) is 0 Å². The minimum Gasteiger partial charge on any atom is -0.294 e. The maximum Gasteiger partial charge on any atom is 0.163 e. The second-order valence-electron chi connectivity index (χ2n) is 6.27. The average molecular weight is 308 g/mol. The van der Waals surface area contributed by atoms with Gasteiger partial charge in [-0.2, -0.15) is 0 Å². The first-order valence-electron chi connectivity index (χ1n) is 8.95. The van der Waals surface area contributed by atoms with Crippen molar-refractivity contribution in [3.8, 4) is 0 Å². The van der Waals surface area contributed by atoms with Gasteiger partial charge in [0.1, 0.15) is 0 Å². The van der Waals surface area contributed by atoms with Crippen molar-refractivity contribution in [2.45, 2.75) is 58.3 Å². The molecule has 23 heavy (non-hydrogen) atoms. The van der Waals surface area contributed by atoms with Gasteiger partial charge in [-0.25, -0.2) is 0 Å². The molecule has 0 atom stereocenters. The second-order valence-corrected chi connectivity index (χ2v) is 6.27. The molecule has 1 nitrogen and oxygen atoms in total. The number of hydrogen-bond donors (Lipinski definition) is 0. The van der Waals surface area contributed by atoms with Crippen molar-refractivity contribution in [3.05, 3.63) is 71.3 Å². The Balaban J connectivity index is 1.76. The van der Waals surface area contributed by atoms with Gasteiger partial charge in [-0.1, -0.05) is 87.2 Å². The fourth-order valence-electron chi connectivity index (χ4n) is 2.84. The van der Waals surface area contributed by atoms with Crippen molar-refractivity contribution < 1.29 is 4.79 Å². The molecule has 0 aliphatic carbocycles. The highest BCUT2D eigenvalue weighted by Crippen LogP contribution is 2.13. The summed E-state index contributed by atoms with van der Waals surface area (Å²) in [5.74, 6) is 0.239. The largest absolute Gasteiger partial charge is 0.294 e. The molecule has 0 saturated carbocycles. The molecule has 0 aliphatic rings. The highest BCUT2D eigenvalue weighted by Gasteiger charge is 2.06. The van der Waals surface area contributed by atoms with Crippen LogP contribution in [0.1, 0.15) is 66.9 Å². The van der Waals surface area contributed by atoms with Gasteiger partial charge in [-0.3, -0.25) is 4.79 Å². The van der Waals surface area contributed by atoms with Crippen LogP contribution < -0.4 is 0 Å². The molecule has 0 aromatic heterocycles. The summed E-state index contributed by atoms with van der Waals surface area (Å²) in [6.45, 7) is 2.24. The molecular weight excluding hydrogens is 280 g/mol. The number of unbranched alkanes of at least 4 members (excludes halogenated alkanes) is 4. The van der Waals surface area contributed by atoms with Gasteiger partial charge in [-0.15, -0.1) is 0 Å². The number of benzene rings is 2. The highest BCUT2D eigenvalue weighted by atomic mass is 16.1. The first-order valence-corrected chi connectivity index (χ1v) is 8.95. The Morgan fingerprint density at radius 3 is 2.09 bits per heavy atom. The molecule has 0 N–H and O–H groups in total. The quantitative estimate of drug-likeness (QED) is 0.388. The lowest BCUT2D eigenvalue weighted by Gasteiger charge is -2.05. The van der Waals surface area contributed by atoms with Crippen LogP contribution >= 0.6 is 0 Å². The number of hydrogen-bond acceptors (Lipinski definition) is 1. The minimum absolute atomic E-state index is 0.239. The van der Waals surface area contributed by atoms with Crippen LogP contribution in [0.15, 0.2) is 54.6 Å². The molecule has 0 aliphatic heterocycles. The van der Waals surface area contributed by atoms with E-state index in [1.54, 1.807) is 0 Å². The Labute approximate surface area is 140 Å².